The lowest BCUT2D eigenvalue weighted by atomic mass is 10.00. The van der Waals surface area contributed by atoms with Gasteiger partial charge in [0.1, 0.15) is 11.4 Å². The highest BCUT2D eigenvalue weighted by Crippen LogP contribution is 2.34. The Balaban J connectivity index is 1.75. The molecule has 0 aliphatic heterocycles. The molecule has 0 bridgehead atoms. The topological polar surface area (TPSA) is 49.2 Å². The van der Waals surface area contributed by atoms with E-state index in [-0.39, 0.29) is 5.75 Å². The summed E-state index contributed by atoms with van der Waals surface area (Å²) in [5.41, 5.74) is 4.16. The van der Waals surface area contributed by atoms with E-state index in [1.54, 1.807) is 12.1 Å². The highest BCUT2D eigenvalue weighted by Gasteiger charge is 2.17. The van der Waals surface area contributed by atoms with E-state index < -0.39 is 0 Å². The summed E-state index contributed by atoms with van der Waals surface area (Å²) in [6, 6.07) is 24.3. The molecular formula is C26H27N3O. The van der Waals surface area contributed by atoms with Crippen LogP contribution in [0.15, 0.2) is 72.8 Å². The molecule has 0 amide bonds. The smallest absolute Gasteiger partial charge is 0.159 e. The van der Waals surface area contributed by atoms with Crippen molar-refractivity contribution in [2.24, 2.45) is 0 Å². The first-order valence-electron chi connectivity index (χ1n) is 10.5. The number of fused-ring (bicyclic) bond motifs is 1. The minimum atomic E-state index is 0.264. The maximum Gasteiger partial charge on any atom is 0.159 e. The molecule has 0 saturated carbocycles. The van der Waals surface area contributed by atoms with E-state index in [1.165, 1.54) is 5.56 Å². The van der Waals surface area contributed by atoms with Crippen LogP contribution in [0, 0.1) is 6.92 Å². The number of phenols is 1. The van der Waals surface area contributed by atoms with E-state index in [9.17, 15) is 5.11 Å². The number of aromatic hydroxyl groups is 1. The fraction of sp³-hybridized carbons (Fsp3) is 0.231. The summed E-state index contributed by atoms with van der Waals surface area (Å²) in [6.07, 6.45) is 2.01. The van der Waals surface area contributed by atoms with Gasteiger partial charge in [-0.05, 0) is 49.1 Å². The first-order valence-corrected chi connectivity index (χ1v) is 10.5. The molecule has 1 N–H and O–H groups in total. The SMILES string of the molecule is CCCN(CCc1ccccc1)c1nnc(-c2ccc(O)cc2C)c2ccccc12. The van der Waals surface area contributed by atoms with Gasteiger partial charge in [-0.2, -0.15) is 0 Å². The zero-order valence-corrected chi connectivity index (χ0v) is 17.5. The maximum absolute atomic E-state index is 9.78. The molecule has 4 nitrogen and oxygen atoms in total. The van der Waals surface area contributed by atoms with Gasteiger partial charge in [0, 0.05) is 29.4 Å². The fourth-order valence-electron chi connectivity index (χ4n) is 3.94. The van der Waals surface area contributed by atoms with Crippen molar-refractivity contribution in [3.05, 3.63) is 83.9 Å². The Morgan fingerprint density at radius 1 is 0.833 bits per heavy atom. The molecule has 0 radical (unpaired) electrons. The van der Waals surface area contributed by atoms with Gasteiger partial charge in [0.15, 0.2) is 5.82 Å². The third-order valence-corrected chi connectivity index (χ3v) is 5.44. The summed E-state index contributed by atoms with van der Waals surface area (Å²) in [5, 5.41) is 21.3. The van der Waals surface area contributed by atoms with E-state index >= 15 is 0 Å². The molecular weight excluding hydrogens is 370 g/mol. The van der Waals surface area contributed by atoms with Crippen LogP contribution in [0.4, 0.5) is 5.82 Å². The third-order valence-electron chi connectivity index (χ3n) is 5.44. The first-order chi connectivity index (χ1) is 14.7. The predicted molar refractivity (Wildman–Crippen MR) is 124 cm³/mol. The van der Waals surface area contributed by atoms with Gasteiger partial charge in [-0.3, -0.25) is 0 Å². The Kier molecular flexibility index (Phi) is 5.94. The third kappa shape index (κ3) is 4.13. The number of hydrogen-bond donors (Lipinski definition) is 1. The molecule has 0 aliphatic carbocycles. The number of hydrogen-bond acceptors (Lipinski definition) is 4. The van der Waals surface area contributed by atoms with Gasteiger partial charge in [-0.1, -0.05) is 61.5 Å². The average molecular weight is 398 g/mol. The second kappa shape index (κ2) is 8.95. The van der Waals surface area contributed by atoms with Crippen molar-refractivity contribution < 1.29 is 5.11 Å². The molecule has 0 fully saturated rings. The van der Waals surface area contributed by atoms with E-state index in [4.69, 9.17) is 5.10 Å². The highest BCUT2D eigenvalue weighted by molar-refractivity contribution is 6.00. The monoisotopic (exact) mass is 397 g/mol. The van der Waals surface area contributed by atoms with Crippen molar-refractivity contribution in [1.29, 1.82) is 0 Å². The summed E-state index contributed by atoms with van der Waals surface area (Å²) in [5.74, 6) is 1.20. The Bertz CT molecular complexity index is 1140. The molecule has 0 aliphatic rings. The van der Waals surface area contributed by atoms with Crippen LogP contribution < -0.4 is 4.90 Å². The van der Waals surface area contributed by atoms with Gasteiger partial charge < -0.3 is 10.0 Å². The second-order valence-corrected chi connectivity index (χ2v) is 7.64. The van der Waals surface area contributed by atoms with Crippen LogP contribution in [-0.4, -0.2) is 28.4 Å². The number of benzene rings is 3. The first kappa shape index (κ1) is 19.9. The lowest BCUT2D eigenvalue weighted by Crippen LogP contribution is -2.28. The van der Waals surface area contributed by atoms with Crippen molar-refractivity contribution in [2.45, 2.75) is 26.7 Å². The summed E-state index contributed by atoms with van der Waals surface area (Å²) >= 11 is 0. The van der Waals surface area contributed by atoms with Gasteiger partial charge in [-0.25, -0.2) is 0 Å². The van der Waals surface area contributed by atoms with Crippen molar-refractivity contribution in [1.82, 2.24) is 10.2 Å². The number of phenolic OH excluding ortho intramolecular Hbond substituents is 1. The van der Waals surface area contributed by atoms with Crippen LogP contribution >= 0.6 is 0 Å². The minimum Gasteiger partial charge on any atom is -0.508 e. The second-order valence-electron chi connectivity index (χ2n) is 7.64. The van der Waals surface area contributed by atoms with E-state index in [0.717, 1.165) is 59.3 Å². The summed E-state index contributed by atoms with van der Waals surface area (Å²) < 4.78 is 0. The van der Waals surface area contributed by atoms with Crippen molar-refractivity contribution >= 4 is 16.6 Å². The van der Waals surface area contributed by atoms with Crippen LogP contribution in [-0.2, 0) is 6.42 Å². The minimum absolute atomic E-state index is 0.264. The fourth-order valence-corrected chi connectivity index (χ4v) is 3.94. The van der Waals surface area contributed by atoms with Crippen LogP contribution in [0.25, 0.3) is 22.0 Å². The molecule has 0 saturated heterocycles. The standard InChI is InChI=1S/C26H27N3O/c1-3-16-29(17-15-20-9-5-4-6-10-20)26-24-12-8-7-11-23(24)25(27-28-26)22-14-13-21(30)18-19(22)2/h4-14,18,30H,3,15-17H2,1-2H3. The van der Waals surface area contributed by atoms with Crippen LogP contribution in [0.5, 0.6) is 5.75 Å². The maximum atomic E-state index is 9.78. The summed E-state index contributed by atoms with van der Waals surface area (Å²) in [7, 11) is 0. The van der Waals surface area contributed by atoms with E-state index in [2.05, 4.69) is 65.5 Å². The lowest BCUT2D eigenvalue weighted by molar-refractivity contribution is 0.475. The van der Waals surface area contributed by atoms with Crippen molar-refractivity contribution in [3.8, 4) is 17.0 Å². The van der Waals surface area contributed by atoms with Gasteiger partial charge in [-0.15, -0.1) is 10.2 Å². The molecule has 1 aromatic heterocycles. The number of aryl methyl sites for hydroxylation is 1. The molecule has 1 heterocycles. The number of anilines is 1. The molecule has 4 aromatic rings. The normalized spacial score (nSPS) is 11.0. The van der Waals surface area contributed by atoms with Gasteiger partial charge in [0.05, 0.1) is 0 Å². The van der Waals surface area contributed by atoms with Crippen LogP contribution in [0.3, 0.4) is 0 Å². The number of nitrogens with zero attached hydrogens (tertiary/aromatic N) is 3. The molecule has 152 valence electrons. The Hall–Kier alpha value is -3.40. The molecule has 4 heteroatoms. The average Bonchev–Trinajstić information content (AvgIpc) is 2.77. The Labute approximate surface area is 177 Å². The zero-order valence-electron chi connectivity index (χ0n) is 17.5. The Morgan fingerprint density at radius 2 is 1.57 bits per heavy atom. The van der Waals surface area contributed by atoms with Crippen LogP contribution in [0.1, 0.15) is 24.5 Å². The summed E-state index contributed by atoms with van der Waals surface area (Å²) in [4.78, 5) is 2.34. The van der Waals surface area contributed by atoms with Gasteiger partial charge >= 0.3 is 0 Å². The number of aromatic nitrogens is 2. The quantitative estimate of drug-likeness (QED) is 0.430. The molecule has 0 spiro atoms. The van der Waals surface area contributed by atoms with Crippen molar-refractivity contribution in [2.75, 3.05) is 18.0 Å². The Morgan fingerprint density at radius 3 is 2.30 bits per heavy atom. The van der Waals surface area contributed by atoms with E-state index in [0.29, 0.717) is 0 Å². The van der Waals surface area contributed by atoms with Gasteiger partial charge in [0.2, 0.25) is 0 Å². The molecule has 30 heavy (non-hydrogen) atoms. The van der Waals surface area contributed by atoms with Crippen molar-refractivity contribution in [3.63, 3.8) is 0 Å². The van der Waals surface area contributed by atoms with Gasteiger partial charge in [0.25, 0.3) is 0 Å². The molecule has 0 atom stereocenters. The predicted octanol–water partition coefficient (Wildman–Crippen LogP) is 5.77. The lowest BCUT2D eigenvalue weighted by Gasteiger charge is -2.25. The largest absolute Gasteiger partial charge is 0.508 e. The molecule has 4 rings (SSSR count). The summed E-state index contributed by atoms with van der Waals surface area (Å²) in [6.45, 7) is 6.01. The highest BCUT2D eigenvalue weighted by atomic mass is 16.3. The molecule has 3 aromatic carbocycles. The van der Waals surface area contributed by atoms with Crippen LogP contribution in [0.2, 0.25) is 0 Å². The van der Waals surface area contributed by atoms with E-state index in [1.807, 2.05) is 19.1 Å². The zero-order chi connectivity index (χ0) is 20.9. The number of rotatable bonds is 7. The molecule has 0 unspecified atom stereocenters.